The topological polar surface area (TPSA) is 68.8 Å². The van der Waals surface area contributed by atoms with Crippen LogP contribution >= 0.6 is 11.8 Å². The molecule has 102 valence electrons. The Morgan fingerprint density at radius 2 is 2.11 bits per heavy atom. The van der Waals surface area contributed by atoms with Gasteiger partial charge >= 0.3 is 0 Å². The number of nitrogens with two attached hydrogens (primary N) is 1. The first kappa shape index (κ1) is 13.7. The van der Waals surface area contributed by atoms with E-state index in [2.05, 4.69) is 29.4 Å². The predicted octanol–water partition coefficient (Wildman–Crippen LogP) is 2.24. The van der Waals surface area contributed by atoms with Crippen molar-refractivity contribution in [2.24, 2.45) is 0 Å². The number of halogens is 1. The number of hydrogen-bond donors (Lipinski definition) is 2. The molecule has 0 aliphatic heterocycles. The van der Waals surface area contributed by atoms with Crippen LogP contribution in [0.1, 0.15) is 19.7 Å². The largest absolute Gasteiger partial charge is 0.375 e. The smallest absolute Gasteiger partial charge is 0.210 e. The SMILES string of the molecule is CC(C)Sc1nnc(CNc2ccccc2F)n1N. The number of hydrogen-bond acceptors (Lipinski definition) is 5. The van der Waals surface area contributed by atoms with Crippen LogP contribution in [-0.2, 0) is 6.54 Å². The van der Waals surface area contributed by atoms with Crippen molar-refractivity contribution in [2.45, 2.75) is 30.8 Å². The second-order valence-corrected chi connectivity index (χ2v) is 5.81. The highest BCUT2D eigenvalue weighted by Gasteiger charge is 2.11. The molecule has 2 aromatic rings. The van der Waals surface area contributed by atoms with Gasteiger partial charge in [-0.3, -0.25) is 0 Å². The van der Waals surface area contributed by atoms with E-state index in [1.807, 2.05) is 0 Å². The van der Waals surface area contributed by atoms with E-state index >= 15 is 0 Å². The molecule has 0 aliphatic rings. The fourth-order valence-electron chi connectivity index (χ4n) is 1.50. The van der Waals surface area contributed by atoms with Crippen LogP contribution in [0.5, 0.6) is 0 Å². The Morgan fingerprint density at radius 1 is 1.37 bits per heavy atom. The second-order valence-electron chi connectivity index (χ2n) is 4.27. The average molecular weight is 281 g/mol. The molecule has 1 heterocycles. The highest BCUT2D eigenvalue weighted by Crippen LogP contribution is 2.20. The van der Waals surface area contributed by atoms with Gasteiger partial charge in [0, 0.05) is 5.25 Å². The molecular weight excluding hydrogens is 265 g/mol. The fourth-order valence-corrected chi connectivity index (χ4v) is 2.23. The third-order valence-electron chi connectivity index (χ3n) is 2.39. The lowest BCUT2D eigenvalue weighted by atomic mass is 10.3. The summed E-state index contributed by atoms with van der Waals surface area (Å²) in [5, 5.41) is 12.0. The normalized spacial score (nSPS) is 10.9. The molecule has 0 fully saturated rings. The summed E-state index contributed by atoms with van der Waals surface area (Å²) in [6.07, 6.45) is 0. The van der Waals surface area contributed by atoms with E-state index in [0.717, 1.165) is 0 Å². The number of aromatic nitrogens is 3. The monoisotopic (exact) mass is 281 g/mol. The van der Waals surface area contributed by atoms with E-state index < -0.39 is 0 Å². The lowest BCUT2D eigenvalue weighted by molar-refractivity contribution is 0.629. The van der Waals surface area contributed by atoms with Crippen LogP contribution in [0.15, 0.2) is 29.4 Å². The van der Waals surface area contributed by atoms with Gasteiger partial charge in [-0.15, -0.1) is 10.2 Å². The molecule has 0 saturated heterocycles. The molecule has 0 bridgehead atoms. The standard InChI is InChI=1S/C12H16FN5S/c1-8(2)19-12-17-16-11(18(12)14)7-15-10-6-4-3-5-9(10)13/h3-6,8,15H,7,14H2,1-2H3. The van der Waals surface area contributed by atoms with Gasteiger partial charge in [0.2, 0.25) is 5.16 Å². The highest BCUT2D eigenvalue weighted by atomic mass is 32.2. The van der Waals surface area contributed by atoms with Gasteiger partial charge in [0.05, 0.1) is 12.2 Å². The third-order valence-corrected chi connectivity index (χ3v) is 3.35. The number of nitrogens with zero attached hydrogens (tertiary/aromatic N) is 3. The summed E-state index contributed by atoms with van der Waals surface area (Å²) in [6, 6.07) is 6.47. The van der Waals surface area contributed by atoms with Crippen molar-refractivity contribution in [1.29, 1.82) is 0 Å². The Labute approximate surface area is 115 Å². The Morgan fingerprint density at radius 3 is 2.79 bits per heavy atom. The molecule has 0 aliphatic carbocycles. The first-order valence-electron chi connectivity index (χ1n) is 5.92. The van der Waals surface area contributed by atoms with Gasteiger partial charge < -0.3 is 11.2 Å². The van der Waals surface area contributed by atoms with Crippen LogP contribution in [0.2, 0.25) is 0 Å². The van der Waals surface area contributed by atoms with Crippen molar-refractivity contribution in [3.05, 3.63) is 35.9 Å². The van der Waals surface area contributed by atoms with Crippen LogP contribution in [0.3, 0.4) is 0 Å². The molecule has 0 atom stereocenters. The van der Waals surface area contributed by atoms with Crippen LogP contribution in [0.25, 0.3) is 0 Å². The molecule has 0 saturated carbocycles. The Kier molecular flexibility index (Phi) is 4.26. The minimum atomic E-state index is -0.303. The Balaban J connectivity index is 2.04. The first-order chi connectivity index (χ1) is 9.08. The van der Waals surface area contributed by atoms with Gasteiger partial charge in [0.1, 0.15) is 5.82 Å². The zero-order valence-corrected chi connectivity index (χ0v) is 11.6. The number of nitrogen functional groups attached to an aromatic ring is 1. The van der Waals surface area contributed by atoms with Gasteiger partial charge in [0.25, 0.3) is 0 Å². The molecule has 19 heavy (non-hydrogen) atoms. The van der Waals surface area contributed by atoms with Crippen molar-refractivity contribution in [3.8, 4) is 0 Å². The summed E-state index contributed by atoms with van der Waals surface area (Å²) in [5.41, 5.74) is 0.420. The molecular formula is C12H16FN5S. The van der Waals surface area contributed by atoms with Crippen LogP contribution in [0.4, 0.5) is 10.1 Å². The summed E-state index contributed by atoms with van der Waals surface area (Å²) in [6.45, 7) is 4.43. The third kappa shape index (κ3) is 3.37. The Hall–Kier alpha value is -1.76. The van der Waals surface area contributed by atoms with Gasteiger partial charge in [-0.2, -0.15) is 0 Å². The quantitative estimate of drug-likeness (QED) is 0.650. The van der Waals surface area contributed by atoms with Gasteiger partial charge in [-0.05, 0) is 12.1 Å². The van der Waals surface area contributed by atoms with Crippen molar-refractivity contribution in [3.63, 3.8) is 0 Å². The highest BCUT2D eigenvalue weighted by molar-refractivity contribution is 7.99. The summed E-state index contributed by atoms with van der Waals surface area (Å²) < 4.78 is 14.9. The number of anilines is 1. The van der Waals surface area contributed by atoms with E-state index in [1.165, 1.54) is 22.5 Å². The number of thioether (sulfide) groups is 1. The molecule has 2 rings (SSSR count). The van der Waals surface area contributed by atoms with Crippen molar-refractivity contribution < 1.29 is 4.39 Å². The predicted molar refractivity (Wildman–Crippen MR) is 74.9 cm³/mol. The zero-order valence-electron chi connectivity index (χ0n) is 10.8. The summed E-state index contributed by atoms with van der Waals surface area (Å²) >= 11 is 1.53. The molecule has 7 heteroatoms. The molecule has 1 aromatic heterocycles. The Bertz CT molecular complexity index is 555. The molecule has 0 amide bonds. The molecule has 0 spiro atoms. The number of para-hydroxylation sites is 1. The van der Waals surface area contributed by atoms with Gasteiger partial charge in [-0.1, -0.05) is 37.7 Å². The van der Waals surface area contributed by atoms with Crippen LogP contribution in [0, 0.1) is 5.82 Å². The molecule has 0 unspecified atom stereocenters. The first-order valence-corrected chi connectivity index (χ1v) is 6.80. The lowest BCUT2D eigenvalue weighted by Gasteiger charge is -2.08. The molecule has 0 radical (unpaired) electrons. The summed E-state index contributed by atoms with van der Waals surface area (Å²) in [4.78, 5) is 0. The minimum Gasteiger partial charge on any atom is -0.375 e. The zero-order chi connectivity index (χ0) is 13.8. The fraction of sp³-hybridized carbons (Fsp3) is 0.333. The van der Waals surface area contributed by atoms with Gasteiger partial charge in [0.15, 0.2) is 5.82 Å². The number of rotatable bonds is 5. The van der Waals surface area contributed by atoms with Crippen LogP contribution < -0.4 is 11.2 Å². The van der Waals surface area contributed by atoms with E-state index in [0.29, 0.717) is 28.5 Å². The average Bonchev–Trinajstić information content (AvgIpc) is 2.69. The molecule has 5 nitrogen and oxygen atoms in total. The number of nitrogens with one attached hydrogen (secondary N) is 1. The molecule has 1 aromatic carbocycles. The summed E-state index contributed by atoms with van der Waals surface area (Å²) in [7, 11) is 0. The van der Waals surface area contributed by atoms with Crippen molar-refractivity contribution in [2.75, 3.05) is 11.2 Å². The second kappa shape index (κ2) is 5.92. The van der Waals surface area contributed by atoms with E-state index in [4.69, 9.17) is 5.84 Å². The maximum absolute atomic E-state index is 13.4. The van der Waals surface area contributed by atoms with E-state index in [-0.39, 0.29) is 5.82 Å². The maximum Gasteiger partial charge on any atom is 0.210 e. The molecule has 3 N–H and O–H groups in total. The van der Waals surface area contributed by atoms with Crippen molar-refractivity contribution in [1.82, 2.24) is 14.9 Å². The summed E-state index contributed by atoms with van der Waals surface area (Å²) in [5.74, 6) is 6.15. The van der Waals surface area contributed by atoms with Gasteiger partial charge in [-0.25, -0.2) is 9.07 Å². The maximum atomic E-state index is 13.4. The van der Waals surface area contributed by atoms with Crippen LogP contribution in [-0.4, -0.2) is 20.1 Å². The lowest BCUT2D eigenvalue weighted by Crippen LogP contribution is -2.17. The van der Waals surface area contributed by atoms with Crippen molar-refractivity contribution >= 4 is 17.4 Å². The van der Waals surface area contributed by atoms with E-state index in [9.17, 15) is 4.39 Å². The minimum absolute atomic E-state index is 0.303. The number of benzene rings is 1. The van der Waals surface area contributed by atoms with E-state index in [1.54, 1.807) is 18.2 Å².